The molecule has 432 valence electrons. The van der Waals surface area contributed by atoms with Crippen LogP contribution in [-0.2, 0) is 14.3 Å². The first-order valence-electron chi connectivity index (χ1n) is 33.1. The number of hydrogen-bond donors (Lipinski definition) is 3. The minimum absolute atomic E-state index is 0.0200. The highest BCUT2D eigenvalue weighted by Gasteiger charge is 2.18. The second-order valence-corrected chi connectivity index (χ2v) is 22.8. The third-order valence-corrected chi connectivity index (χ3v) is 15.5. The summed E-state index contributed by atoms with van der Waals surface area (Å²) in [5.41, 5.74) is 0. The summed E-state index contributed by atoms with van der Waals surface area (Å²) < 4.78 is 5.49. The van der Waals surface area contributed by atoms with Crippen LogP contribution < -0.4 is 5.32 Å². The molecule has 0 spiro atoms. The zero-order valence-corrected chi connectivity index (χ0v) is 49.4. The van der Waals surface area contributed by atoms with Gasteiger partial charge in [-0.1, -0.05) is 321 Å². The van der Waals surface area contributed by atoms with Crippen LogP contribution in [0, 0.1) is 0 Å². The Morgan fingerprint density at radius 2 is 0.644 bits per heavy atom. The van der Waals surface area contributed by atoms with E-state index in [0.29, 0.717) is 19.4 Å². The summed E-state index contributed by atoms with van der Waals surface area (Å²) >= 11 is 0. The van der Waals surface area contributed by atoms with Crippen molar-refractivity contribution in [3.05, 3.63) is 24.3 Å². The highest BCUT2D eigenvalue weighted by Crippen LogP contribution is 2.18. The van der Waals surface area contributed by atoms with Crippen LogP contribution in [-0.4, -0.2) is 47.4 Å². The van der Waals surface area contributed by atoms with E-state index in [1.807, 2.05) is 6.08 Å². The fraction of sp³-hybridized carbons (Fsp3) is 0.910. The van der Waals surface area contributed by atoms with Crippen LogP contribution in [0.2, 0.25) is 0 Å². The first kappa shape index (κ1) is 71.3. The average Bonchev–Trinajstić information content (AvgIpc) is 3.39. The lowest BCUT2D eigenvalue weighted by atomic mass is 10.0. The van der Waals surface area contributed by atoms with Crippen molar-refractivity contribution in [3.63, 3.8) is 0 Å². The third kappa shape index (κ3) is 59.4. The van der Waals surface area contributed by atoms with Gasteiger partial charge in [-0.2, -0.15) is 0 Å². The molecule has 0 radical (unpaired) electrons. The predicted molar refractivity (Wildman–Crippen MR) is 320 cm³/mol. The Balaban J connectivity index is 3.34. The summed E-state index contributed by atoms with van der Waals surface area (Å²) in [7, 11) is 0. The van der Waals surface area contributed by atoms with Crippen LogP contribution in [0.1, 0.15) is 367 Å². The highest BCUT2D eigenvalue weighted by atomic mass is 16.5. The molecule has 0 saturated heterocycles. The number of aliphatic hydroxyl groups is 2. The largest absolute Gasteiger partial charge is 0.466 e. The lowest BCUT2D eigenvalue weighted by molar-refractivity contribution is -0.143. The van der Waals surface area contributed by atoms with E-state index in [-0.39, 0.29) is 18.5 Å². The van der Waals surface area contributed by atoms with E-state index in [2.05, 4.69) is 31.3 Å². The Bertz CT molecular complexity index is 1140. The molecule has 0 aliphatic carbocycles. The molecule has 6 nitrogen and oxygen atoms in total. The molecule has 0 aromatic carbocycles. The van der Waals surface area contributed by atoms with Crippen molar-refractivity contribution in [2.45, 2.75) is 379 Å². The standard InChI is InChI=1S/C67H129NO5/c1-3-5-7-9-11-13-15-16-37-41-45-49-53-57-61-67(72)73-62-58-54-50-46-42-38-35-33-31-29-27-25-23-21-19-17-18-20-22-24-26-28-30-32-34-36-40-44-48-52-56-60-66(71)68-64(63-69)65(70)59-55-51-47-43-39-14-12-10-8-6-4-2/h19,21,55,59,64-65,69-70H,3-18,20,22-54,56-58,60-63H2,1-2H3,(H,68,71)/b21-19-,59-55+. The van der Waals surface area contributed by atoms with Gasteiger partial charge in [0.2, 0.25) is 5.91 Å². The first-order valence-corrected chi connectivity index (χ1v) is 33.1. The molecule has 0 bridgehead atoms. The summed E-state index contributed by atoms with van der Waals surface area (Å²) in [6.07, 6.45) is 78.2. The van der Waals surface area contributed by atoms with Gasteiger partial charge in [-0.15, -0.1) is 0 Å². The fourth-order valence-corrected chi connectivity index (χ4v) is 10.4. The summed E-state index contributed by atoms with van der Waals surface area (Å²) in [5.74, 6) is -0.0458. The number of ether oxygens (including phenoxy) is 1. The van der Waals surface area contributed by atoms with Crippen LogP contribution in [0.5, 0.6) is 0 Å². The Morgan fingerprint density at radius 3 is 0.973 bits per heavy atom. The van der Waals surface area contributed by atoms with Crippen molar-refractivity contribution >= 4 is 11.9 Å². The lowest BCUT2D eigenvalue weighted by Crippen LogP contribution is -2.45. The molecule has 0 fully saturated rings. The molecule has 6 heteroatoms. The predicted octanol–water partition coefficient (Wildman–Crippen LogP) is 21.0. The van der Waals surface area contributed by atoms with Gasteiger partial charge in [0, 0.05) is 12.8 Å². The molecule has 1 amide bonds. The number of hydrogen-bond acceptors (Lipinski definition) is 5. The van der Waals surface area contributed by atoms with Gasteiger partial charge in [-0.3, -0.25) is 9.59 Å². The molecule has 0 rings (SSSR count). The molecule has 2 atom stereocenters. The number of carbonyl (C=O) groups is 2. The summed E-state index contributed by atoms with van der Waals surface area (Å²) in [6.45, 7) is 4.92. The van der Waals surface area contributed by atoms with Gasteiger partial charge in [0.15, 0.2) is 0 Å². The molecule has 0 aliphatic heterocycles. The van der Waals surface area contributed by atoms with Gasteiger partial charge in [0.25, 0.3) is 0 Å². The Hall–Kier alpha value is -1.66. The van der Waals surface area contributed by atoms with Gasteiger partial charge < -0.3 is 20.3 Å². The van der Waals surface area contributed by atoms with E-state index in [1.54, 1.807) is 6.08 Å². The van der Waals surface area contributed by atoms with Crippen molar-refractivity contribution in [1.82, 2.24) is 5.32 Å². The van der Waals surface area contributed by atoms with Gasteiger partial charge in [0.1, 0.15) is 0 Å². The molecule has 3 N–H and O–H groups in total. The number of amides is 1. The minimum Gasteiger partial charge on any atom is -0.466 e. The van der Waals surface area contributed by atoms with Crippen LogP contribution in [0.25, 0.3) is 0 Å². The average molecular weight is 1030 g/mol. The molecular formula is C67H129NO5. The van der Waals surface area contributed by atoms with Crippen molar-refractivity contribution in [3.8, 4) is 0 Å². The van der Waals surface area contributed by atoms with Crippen LogP contribution in [0.3, 0.4) is 0 Å². The Kier molecular flexibility index (Phi) is 61.4. The highest BCUT2D eigenvalue weighted by molar-refractivity contribution is 5.76. The number of carbonyl (C=O) groups excluding carboxylic acids is 2. The van der Waals surface area contributed by atoms with E-state index in [1.165, 1.54) is 302 Å². The maximum Gasteiger partial charge on any atom is 0.305 e. The maximum atomic E-state index is 12.4. The number of unbranched alkanes of at least 4 members (excludes halogenated alkanes) is 49. The molecular weight excluding hydrogens is 899 g/mol. The van der Waals surface area contributed by atoms with E-state index in [0.717, 1.165) is 38.5 Å². The van der Waals surface area contributed by atoms with Gasteiger partial charge in [-0.25, -0.2) is 0 Å². The molecule has 0 heterocycles. The van der Waals surface area contributed by atoms with Crippen molar-refractivity contribution in [2.75, 3.05) is 13.2 Å². The zero-order chi connectivity index (χ0) is 52.9. The van der Waals surface area contributed by atoms with E-state index in [4.69, 9.17) is 4.74 Å². The second-order valence-electron chi connectivity index (χ2n) is 22.8. The zero-order valence-electron chi connectivity index (χ0n) is 49.4. The number of aliphatic hydroxyl groups excluding tert-OH is 2. The number of esters is 1. The van der Waals surface area contributed by atoms with Gasteiger partial charge in [0.05, 0.1) is 25.4 Å². The molecule has 0 saturated carbocycles. The Labute approximate surface area is 456 Å². The van der Waals surface area contributed by atoms with Crippen molar-refractivity contribution in [2.24, 2.45) is 0 Å². The number of rotatable bonds is 62. The minimum atomic E-state index is -0.841. The van der Waals surface area contributed by atoms with Crippen molar-refractivity contribution < 1.29 is 24.5 Å². The van der Waals surface area contributed by atoms with Gasteiger partial charge in [-0.05, 0) is 57.8 Å². The van der Waals surface area contributed by atoms with E-state index in [9.17, 15) is 19.8 Å². The third-order valence-electron chi connectivity index (χ3n) is 15.5. The SMILES string of the molecule is CCCCCCCCCCC/C=C/C(O)C(CO)NC(=O)CCCCCCCCCCCCCCCCC/C=C\CCCCCCCCCCCCCCOC(=O)CCCCCCCCCCCCCCCC. The molecule has 73 heavy (non-hydrogen) atoms. The van der Waals surface area contributed by atoms with Crippen molar-refractivity contribution in [1.29, 1.82) is 0 Å². The van der Waals surface area contributed by atoms with E-state index >= 15 is 0 Å². The molecule has 0 aliphatic rings. The molecule has 0 aromatic heterocycles. The van der Waals surface area contributed by atoms with Crippen LogP contribution in [0.15, 0.2) is 24.3 Å². The summed E-state index contributed by atoms with van der Waals surface area (Å²) in [4.78, 5) is 24.5. The molecule has 0 aromatic rings. The normalized spacial score (nSPS) is 12.7. The summed E-state index contributed by atoms with van der Waals surface area (Å²) in [5, 5.41) is 23.0. The van der Waals surface area contributed by atoms with Crippen LogP contribution in [0.4, 0.5) is 0 Å². The maximum absolute atomic E-state index is 12.4. The smallest absolute Gasteiger partial charge is 0.305 e. The van der Waals surface area contributed by atoms with E-state index < -0.39 is 12.1 Å². The lowest BCUT2D eigenvalue weighted by Gasteiger charge is -2.20. The monoisotopic (exact) mass is 1030 g/mol. The second kappa shape index (κ2) is 62.9. The van der Waals surface area contributed by atoms with Gasteiger partial charge >= 0.3 is 5.97 Å². The first-order chi connectivity index (χ1) is 36.0. The van der Waals surface area contributed by atoms with Crippen LogP contribution >= 0.6 is 0 Å². The fourth-order valence-electron chi connectivity index (χ4n) is 10.4. The summed E-state index contributed by atoms with van der Waals surface area (Å²) in [6, 6.07) is -0.624. The Morgan fingerprint density at radius 1 is 0.370 bits per heavy atom. The molecule has 2 unspecified atom stereocenters. The number of allylic oxidation sites excluding steroid dienone is 3. The topological polar surface area (TPSA) is 95.9 Å². The quantitative estimate of drug-likeness (QED) is 0.0320. The number of nitrogens with one attached hydrogen (secondary N) is 1.